The highest BCUT2D eigenvalue weighted by Gasteiger charge is 2.37. The quantitative estimate of drug-likeness (QED) is 0.682. The molecule has 7 heteroatoms. The van der Waals surface area contributed by atoms with Crippen molar-refractivity contribution >= 4 is 15.7 Å². The Morgan fingerprint density at radius 1 is 1.03 bits per heavy atom. The number of aromatic hydroxyl groups is 1. The lowest BCUT2D eigenvalue weighted by atomic mass is 9.83. The van der Waals surface area contributed by atoms with E-state index >= 15 is 0 Å². The maximum atomic E-state index is 11.9. The molecule has 1 saturated heterocycles. The average Bonchev–Trinajstić information content (AvgIpc) is 3.14. The van der Waals surface area contributed by atoms with E-state index in [1.54, 1.807) is 12.1 Å². The van der Waals surface area contributed by atoms with Crippen LogP contribution in [0, 0.1) is 0 Å². The van der Waals surface area contributed by atoms with E-state index in [1.807, 2.05) is 12.1 Å². The van der Waals surface area contributed by atoms with Crippen molar-refractivity contribution in [3.8, 4) is 5.75 Å². The molecule has 2 aliphatic rings. The van der Waals surface area contributed by atoms with Gasteiger partial charge in [0.1, 0.15) is 5.75 Å². The Hall–Kier alpha value is -2.09. The number of rotatable bonds is 7. The van der Waals surface area contributed by atoms with Gasteiger partial charge in [-0.2, -0.15) is 0 Å². The smallest absolute Gasteiger partial charge is 0.209 e. The lowest BCUT2D eigenvalue weighted by Crippen LogP contribution is -2.48. The number of ether oxygens (including phenoxy) is 1. The minimum Gasteiger partial charge on any atom is -0.508 e. The second-order valence-electron chi connectivity index (χ2n) is 8.78. The fourth-order valence-electron chi connectivity index (χ4n) is 4.99. The predicted octanol–water partition coefficient (Wildman–Crippen LogP) is 3.63. The van der Waals surface area contributed by atoms with Crippen molar-refractivity contribution in [1.29, 1.82) is 0 Å². The highest BCUT2D eigenvalue weighted by atomic mass is 32.2. The number of hydrogen-bond donors (Lipinski definition) is 2. The Balaban J connectivity index is 1.39. The van der Waals surface area contributed by atoms with Crippen LogP contribution in [0.4, 0.5) is 5.69 Å². The van der Waals surface area contributed by atoms with Crippen molar-refractivity contribution < 1.29 is 18.3 Å². The first-order valence-corrected chi connectivity index (χ1v) is 13.0. The Kier molecular flexibility index (Phi) is 6.84. The van der Waals surface area contributed by atoms with Gasteiger partial charge in [-0.25, -0.2) is 13.1 Å². The topological polar surface area (TPSA) is 78.9 Å². The maximum Gasteiger partial charge on any atom is 0.209 e. The van der Waals surface area contributed by atoms with E-state index in [0.29, 0.717) is 25.5 Å². The van der Waals surface area contributed by atoms with Crippen molar-refractivity contribution in [2.24, 2.45) is 0 Å². The minimum absolute atomic E-state index is 0.108. The third-order valence-corrected chi connectivity index (χ3v) is 7.25. The first-order chi connectivity index (χ1) is 14.9. The van der Waals surface area contributed by atoms with Crippen molar-refractivity contribution in [3.05, 3.63) is 60.2 Å². The number of sulfonamides is 1. The van der Waals surface area contributed by atoms with Crippen molar-refractivity contribution in [2.45, 2.75) is 56.2 Å². The van der Waals surface area contributed by atoms with Gasteiger partial charge in [0.05, 0.1) is 25.0 Å². The zero-order valence-electron chi connectivity index (χ0n) is 18.0. The van der Waals surface area contributed by atoms with Crippen LogP contribution in [0.5, 0.6) is 5.75 Å². The molecule has 1 aliphatic heterocycles. The molecule has 6 nitrogen and oxygen atoms in total. The average molecular weight is 445 g/mol. The SMILES string of the molecule is CS(=O)(=O)N[C@H]1CCN(c2cccc(O)c2)[C@H]1COC1CCC(c2ccccc2)CC1. The van der Waals surface area contributed by atoms with Crippen LogP contribution in [0.2, 0.25) is 0 Å². The van der Waals surface area contributed by atoms with Gasteiger partial charge in [-0.15, -0.1) is 0 Å². The van der Waals surface area contributed by atoms with Crippen LogP contribution in [0.25, 0.3) is 0 Å². The zero-order chi connectivity index (χ0) is 21.8. The summed E-state index contributed by atoms with van der Waals surface area (Å²) in [7, 11) is -3.32. The summed E-state index contributed by atoms with van der Waals surface area (Å²) in [6.45, 7) is 1.18. The maximum absolute atomic E-state index is 11.9. The van der Waals surface area contributed by atoms with Crippen LogP contribution in [-0.2, 0) is 14.8 Å². The van der Waals surface area contributed by atoms with Crippen molar-refractivity contribution in [1.82, 2.24) is 4.72 Å². The lowest BCUT2D eigenvalue weighted by Gasteiger charge is -2.33. The van der Waals surface area contributed by atoms with Crippen LogP contribution in [0.3, 0.4) is 0 Å². The molecule has 0 bridgehead atoms. The number of hydrogen-bond acceptors (Lipinski definition) is 5. The molecule has 168 valence electrons. The molecule has 4 rings (SSSR count). The predicted molar refractivity (Wildman–Crippen MR) is 123 cm³/mol. The largest absolute Gasteiger partial charge is 0.508 e. The van der Waals surface area contributed by atoms with E-state index in [0.717, 1.165) is 31.4 Å². The van der Waals surface area contributed by atoms with E-state index in [2.05, 4.69) is 40.0 Å². The minimum atomic E-state index is -3.32. The fraction of sp³-hybridized carbons (Fsp3) is 0.500. The molecule has 1 saturated carbocycles. The first kappa shape index (κ1) is 22.1. The molecule has 1 heterocycles. The number of anilines is 1. The third kappa shape index (κ3) is 5.79. The molecule has 0 amide bonds. The summed E-state index contributed by atoms with van der Waals surface area (Å²) in [4.78, 5) is 2.15. The van der Waals surface area contributed by atoms with Gasteiger partial charge in [-0.05, 0) is 55.7 Å². The normalized spacial score (nSPS) is 26.8. The molecular formula is C24H32N2O4S. The molecule has 1 aliphatic carbocycles. The molecule has 0 radical (unpaired) electrons. The van der Waals surface area contributed by atoms with Gasteiger partial charge in [0.25, 0.3) is 0 Å². The van der Waals surface area contributed by atoms with Crippen molar-refractivity contribution in [2.75, 3.05) is 24.3 Å². The van der Waals surface area contributed by atoms with Crippen molar-refractivity contribution in [3.63, 3.8) is 0 Å². The van der Waals surface area contributed by atoms with Gasteiger partial charge in [0.2, 0.25) is 10.0 Å². The van der Waals surface area contributed by atoms with Crippen LogP contribution >= 0.6 is 0 Å². The van der Waals surface area contributed by atoms with Gasteiger partial charge in [-0.1, -0.05) is 36.4 Å². The summed E-state index contributed by atoms with van der Waals surface area (Å²) >= 11 is 0. The second kappa shape index (κ2) is 9.59. The molecular weight excluding hydrogens is 412 g/mol. The highest BCUT2D eigenvalue weighted by molar-refractivity contribution is 7.88. The summed E-state index contributed by atoms with van der Waals surface area (Å²) in [6.07, 6.45) is 6.36. The Labute approximate surface area is 185 Å². The fourth-order valence-corrected chi connectivity index (χ4v) is 5.81. The molecule has 2 aromatic carbocycles. The van der Waals surface area contributed by atoms with Gasteiger partial charge < -0.3 is 14.7 Å². The monoisotopic (exact) mass is 444 g/mol. The van der Waals surface area contributed by atoms with Crippen LogP contribution in [-0.4, -0.2) is 51.1 Å². The summed E-state index contributed by atoms with van der Waals surface area (Å²) in [5, 5.41) is 9.90. The van der Waals surface area contributed by atoms with E-state index in [9.17, 15) is 13.5 Å². The zero-order valence-corrected chi connectivity index (χ0v) is 18.8. The Bertz CT molecular complexity index is 959. The number of phenolic OH excluding ortho intramolecular Hbond substituents is 1. The van der Waals surface area contributed by atoms with Gasteiger partial charge in [0, 0.05) is 24.3 Å². The number of benzene rings is 2. The van der Waals surface area contributed by atoms with Crippen LogP contribution in [0.15, 0.2) is 54.6 Å². The van der Waals surface area contributed by atoms with E-state index < -0.39 is 10.0 Å². The summed E-state index contributed by atoms with van der Waals surface area (Å²) < 4.78 is 32.9. The van der Waals surface area contributed by atoms with Crippen LogP contribution < -0.4 is 9.62 Å². The van der Waals surface area contributed by atoms with E-state index in [-0.39, 0.29) is 23.9 Å². The van der Waals surface area contributed by atoms with Gasteiger partial charge in [0.15, 0.2) is 0 Å². The second-order valence-corrected chi connectivity index (χ2v) is 10.6. The molecule has 2 N–H and O–H groups in total. The summed E-state index contributed by atoms with van der Waals surface area (Å²) in [5.74, 6) is 0.798. The van der Waals surface area contributed by atoms with E-state index in [4.69, 9.17) is 4.74 Å². The van der Waals surface area contributed by atoms with Crippen LogP contribution in [0.1, 0.15) is 43.6 Å². The van der Waals surface area contributed by atoms with E-state index in [1.165, 1.54) is 11.8 Å². The number of nitrogens with one attached hydrogen (secondary N) is 1. The molecule has 2 fully saturated rings. The molecule has 2 aromatic rings. The Morgan fingerprint density at radius 2 is 1.77 bits per heavy atom. The van der Waals surface area contributed by atoms with Gasteiger partial charge >= 0.3 is 0 Å². The standard InChI is InChI=1S/C24H32N2O4S/c1-31(28,29)25-23-14-15-26(20-8-5-9-21(27)16-20)24(23)17-30-22-12-10-19(11-13-22)18-6-3-2-4-7-18/h2-9,16,19,22-25,27H,10-15,17H2,1H3/t19?,22?,23-,24-/m0/s1. The van der Waals surface area contributed by atoms with Gasteiger partial charge in [-0.3, -0.25) is 0 Å². The molecule has 0 spiro atoms. The lowest BCUT2D eigenvalue weighted by molar-refractivity contribution is 0.0157. The molecule has 31 heavy (non-hydrogen) atoms. The Morgan fingerprint density at radius 3 is 2.45 bits per heavy atom. The number of nitrogens with zero attached hydrogens (tertiary/aromatic N) is 1. The summed E-state index contributed by atoms with van der Waals surface area (Å²) in [6, 6.07) is 17.5. The number of phenols is 1. The highest BCUT2D eigenvalue weighted by Crippen LogP contribution is 2.35. The first-order valence-electron chi connectivity index (χ1n) is 11.1. The molecule has 0 aromatic heterocycles. The molecule has 0 unspecified atom stereocenters. The molecule has 2 atom stereocenters. The summed E-state index contributed by atoms with van der Waals surface area (Å²) in [5.41, 5.74) is 2.29. The third-order valence-electron chi connectivity index (χ3n) is 6.52.